The van der Waals surface area contributed by atoms with Gasteiger partial charge in [0, 0.05) is 0 Å². The van der Waals surface area contributed by atoms with Crippen LogP contribution in [0.1, 0.15) is 105 Å². The second-order valence-corrected chi connectivity index (χ2v) is 23.5. The van der Waals surface area contributed by atoms with E-state index < -0.39 is 0 Å². The molecule has 0 radical (unpaired) electrons. The Bertz CT molecular complexity index is 2140. The van der Waals surface area contributed by atoms with Crippen molar-refractivity contribution in [2.75, 3.05) is 52.9 Å². The number of phenols is 1. The van der Waals surface area contributed by atoms with Crippen LogP contribution >= 0.6 is 47.0 Å². The van der Waals surface area contributed by atoms with Crippen molar-refractivity contribution in [2.24, 2.45) is 0 Å². The van der Waals surface area contributed by atoms with Crippen LogP contribution < -0.4 is 14.2 Å². The highest BCUT2D eigenvalue weighted by Gasteiger charge is 2.30. The highest BCUT2D eigenvalue weighted by atomic mass is 32.2. The molecule has 2 aliphatic rings. The summed E-state index contributed by atoms with van der Waals surface area (Å²) < 4.78 is 32.1. The second-order valence-electron chi connectivity index (χ2n) is 19.1. The molecule has 4 aromatic rings. The van der Waals surface area contributed by atoms with Crippen LogP contribution in [-0.2, 0) is 31.1 Å². The van der Waals surface area contributed by atoms with Gasteiger partial charge in [0.15, 0.2) is 0 Å². The Morgan fingerprint density at radius 1 is 0.475 bits per heavy atom. The van der Waals surface area contributed by atoms with Crippen LogP contribution in [0.5, 0.6) is 23.0 Å². The van der Waals surface area contributed by atoms with Crippen LogP contribution in [-0.4, -0.2) is 63.1 Å². The minimum Gasteiger partial charge on any atom is -0.506 e. The maximum absolute atomic E-state index is 12.4. The summed E-state index contributed by atoms with van der Waals surface area (Å²) in [5.41, 5.74) is 3.84. The van der Waals surface area contributed by atoms with Gasteiger partial charge < -0.3 is 33.9 Å². The number of fused-ring (bicyclic) bond motifs is 4. The van der Waals surface area contributed by atoms with E-state index in [0.29, 0.717) is 38.8 Å². The molecule has 0 spiro atoms. The van der Waals surface area contributed by atoms with Crippen molar-refractivity contribution in [1.82, 2.24) is 0 Å². The van der Waals surface area contributed by atoms with Crippen molar-refractivity contribution < 1.29 is 33.9 Å². The quantitative estimate of drug-likeness (QED) is 0.160. The number of ether oxygens (including phenoxy) is 5. The molecule has 0 amide bonds. The molecule has 320 valence electrons. The SMILES string of the molecule is CC(C)(C)c1cc2c(O)c(c1)Sc1cc(C(C)(C)C)cc3c1OCCOCCOc1c(cc(C(C)(C)C)cc1S3)Sc1cc(C(C)(C)C)cc(c1OCCOCCO)S2. The number of rotatable bonds is 6. The highest BCUT2D eigenvalue weighted by molar-refractivity contribution is 8.01. The molecule has 0 atom stereocenters. The van der Waals surface area contributed by atoms with E-state index in [-0.39, 0.29) is 47.2 Å². The van der Waals surface area contributed by atoms with Gasteiger partial charge in [0.1, 0.15) is 42.8 Å². The zero-order valence-electron chi connectivity index (χ0n) is 36.8. The Balaban J connectivity index is 1.74. The molecule has 2 aliphatic heterocycles. The van der Waals surface area contributed by atoms with Gasteiger partial charge in [0.2, 0.25) is 0 Å². The minimum absolute atomic E-state index is 0.0563. The Hall–Kier alpha value is -2.64. The fourth-order valence-electron chi connectivity index (χ4n) is 6.43. The van der Waals surface area contributed by atoms with E-state index in [1.54, 1.807) is 35.3 Å². The Kier molecular flexibility index (Phi) is 14.3. The van der Waals surface area contributed by atoms with Crippen LogP contribution in [0.2, 0.25) is 0 Å². The van der Waals surface area contributed by atoms with Crippen LogP contribution in [0.15, 0.2) is 87.7 Å². The number of aromatic hydroxyl groups is 1. The van der Waals surface area contributed by atoms with Gasteiger partial charge in [-0.1, -0.05) is 130 Å². The first-order valence-corrected chi connectivity index (χ1v) is 23.7. The maximum Gasteiger partial charge on any atom is 0.147 e. The average Bonchev–Trinajstić information content (AvgIpc) is 3.12. The van der Waals surface area contributed by atoms with E-state index in [2.05, 4.69) is 132 Å². The lowest BCUT2D eigenvalue weighted by atomic mass is 9.87. The van der Waals surface area contributed by atoms with Crippen LogP contribution in [0.4, 0.5) is 0 Å². The summed E-state index contributed by atoms with van der Waals surface area (Å²) in [5.74, 6) is 2.47. The van der Waals surface area contributed by atoms with Crippen molar-refractivity contribution >= 4 is 47.0 Å². The predicted molar refractivity (Wildman–Crippen MR) is 244 cm³/mol. The number of hydrogen-bond donors (Lipinski definition) is 2. The highest BCUT2D eigenvalue weighted by Crippen LogP contribution is 2.56. The first-order chi connectivity index (χ1) is 27.6. The maximum atomic E-state index is 12.4. The summed E-state index contributed by atoms with van der Waals surface area (Å²) in [5, 5.41) is 21.8. The summed E-state index contributed by atoms with van der Waals surface area (Å²) in [6.45, 7) is 29.1. The zero-order valence-corrected chi connectivity index (χ0v) is 40.1. The summed E-state index contributed by atoms with van der Waals surface area (Å²) in [4.78, 5) is 7.16. The predicted octanol–water partition coefficient (Wildman–Crippen LogP) is 12.7. The normalized spacial score (nSPS) is 15.3. The van der Waals surface area contributed by atoms with Gasteiger partial charge in [-0.15, -0.1) is 0 Å². The lowest BCUT2D eigenvalue weighted by Gasteiger charge is -2.28. The van der Waals surface area contributed by atoms with E-state index in [9.17, 15) is 10.2 Å². The summed E-state index contributed by atoms with van der Waals surface area (Å²) in [6, 6.07) is 17.7. The van der Waals surface area contributed by atoms with Gasteiger partial charge in [-0.3, -0.25) is 0 Å². The summed E-state index contributed by atoms with van der Waals surface area (Å²) in [6.07, 6.45) is 0. The molecule has 7 nitrogen and oxygen atoms in total. The number of benzene rings is 4. The fraction of sp³-hybridized carbons (Fsp3) is 0.500. The lowest BCUT2D eigenvalue weighted by Crippen LogP contribution is -2.16. The van der Waals surface area contributed by atoms with E-state index >= 15 is 0 Å². The van der Waals surface area contributed by atoms with Gasteiger partial charge in [0.05, 0.1) is 72.2 Å². The second kappa shape index (κ2) is 18.4. The first-order valence-electron chi connectivity index (χ1n) is 20.4. The molecule has 0 saturated heterocycles. The molecule has 0 aromatic heterocycles. The Morgan fingerprint density at radius 3 is 1.20 bits per heavy atom. The van der Waals surface area contributed by atoms with Gasteiger partial charge in [-0.25, -0.2) is 0 Å². The summed E-state index contributed by atoms with van der Waals surface area (Å²) in [7, 11) is 0. The molecule has 0 aliphatic carbocycles. The molecule has 6 rings (SSSR count). The zero-order chi connectivity index (χ0) is 42.9. The molecule has 59 heavy (non-hydrogen) atoms. The van der Waals surface area contributed by atoms with Crippen molar-refractivity contribution in [1.29, 1.82) is 0 Å². The topological polar surface area (TPSA) is 86.6 Å². The third-order valence-corrected chi connectivity index (χ3v) is 14.3. The van der Waals surface area contributed by atoms with Crippen LogP contribution in [0.25, 0.3) is 0 Å². The van der Waals surface area contributed by atoms with Crippen molar-refractivity contribution in [3.05, 3.63) is 70.8 Å². The monoisotopic (exact) mass is 878 g/mol. The lowest BCUT2D eigenvalue weighted by molar-refractivity contribution is 0.0692. The van der Waals surface area contributed by atoms with E-state index in [0.717, 1.165) is 61.8 Å². The third kappa shape index (κ3) is 11.3. The molecule has 11 heteroatoms. The van der Waals surface area contributed by atoms with E-state index in [1.807, 2.05) is 0 Å². The molecule has 4 aromatic carbocycles. The molecule has 0 fully saturated rings. The van der Waals surface area contributed by atoms with Gasteiger partial charge in [-0.05, 0) is 92.4 Å². The molecule has 2 heterocycles. The van der Waals surface area contributed by atoms with E-state index in [1.165, 1.54) is 22.9 Å². The van der Waals surface area contributed by atoms with E-state index in [4.69, 9.17) is 23.7 Å². The molecule has 10 bridgehead atoms. The largest absolute Gasteiger partial charge is 0.506 e. The van der Waals surface area contributed by atoms with Gasteiger partial charge in [0.25, 0.3) is 0 Å². The molecular weight excluding hydrogens is 817 g/mol. The fourth-order valence-corrected chi connectivity index (χ4v) is 11.1. The number of hydrogen-bond acceptors (Lipinski definition) is 11. The van der Waals surface area contributed by atoms with Crippen LogP contribution in [0, 0.1) is 0 Å². The molecule has 0 saturated carbocycles. The minimum atomic E-state index is -0.209. The number of phenolic OH excluding ortho intramolecular Hbond substituents is 1. The van der Waals surface area contributed by atoms with Gasteiger partial charge in [-0.2, -0.15) is 0 Å². The Morgan fingerprint density at radius 2 is 0.814 bits per heavy atom. The average molecular weight is 879 g/mol. The number of aliphatic hydroxyl groups excluding tert-OH is 1. The Labute approximate surface area is 369 Å². The van der Waals surface area contributed by atoms with Crippen molar-refractivity contribution in [3.63, 3.8) is 0 Å². The summed E-state index contributed by atoms with van der Waals surface area (Å²) >= 11 is 6.38. The third-order valence-electron chi connectivity index (χ3n) is 10.1. The van der Waals surface area contributed by atoms with Crippen molar-refractivity contribution in [3.8, 4) is 23.0 Å². The van der Waals surface area contributed by atoms with Gasteiger partial charge >= 0.3 is 0 Å². The first kappa shape index (κ1) is 45.9. The molecule has 2 N–H and O–H groups in total. The molecular formula is C48H62O7S4. The van der Waals surface area contributed by atoms with Crippen molar-refractivity contribution in [2.45, 2.75) is 144 Å². The standard InChI is InChI=1S/C48H62O7S4/c1-45(2,3)29-21-33-41(50)34(22-29)57-36-24-31(47(7,8)9)26-38-43(36)54-19-16-52-17-20-55-44-39(27-32(48(10,11)12)28-40(44)59-38)58-37-25-30(46(4,5)6)23-35(56-33)42(37)53-18-15-51-14-13-49/h21-28,49-50H,13-20H2,1-12H3. The smallest absolute Gasteiger partial charge is 0.147 e. The number of aliphatic hydroxyl groups is 1. The molecule has 0 unspecified atom stereocenters. The van der Waals surface area contributed by atoms with Crippen LogP contribution in [0.3, 0.4) is 0 Å².